The number of carbonyl (C=O) groups is 1. The Bertz CT molecular complexity index is 1450. The molecule has 0 spiro atoms. The number of para-hydroxylation sites is 1. The van der Waals surface area contributed by atoms with E-state index in [2.05, 4.69) is 14.7 Å². The largest absolute Gasteiger partial charge is 0.454 e. The first-order valence-corrected chi connectivity index (χ1v) is 12.1. The average Bonchev–Trinajstić information content (AvgIpc) is 3.43. The average molecular weight is 466 g/mol. The van der Waals surface area contributed by atoms with Gasteiger partial charge in [0.1, 0.15) is 5.75 Å². The number of hydrogen-bond donors (Lipinski definition) is 2. The van der Waals surface area contributed by atoms with E-state index in [1.165, 1.54) is 0 Å². The lowest BCUT2D eigenvalue weighted by Crippen LogP contribution is -2.78. The molecule has 3 heterocycles. The third kappa shape index (κ3) is 4.06. The highest BCUT2D eigenvalue weighted by Crippen LogP contribution is 2.41. The van der Waals surface area contributed by atoms with Crippen molar-refractivity contribution in [3.63, 3.8) is 0 Å². The highest BCUT2D eigenvalue weighted by molar-refractivity contribution is 7.88. The summed E-state index contributed by atoms with van der Waals surface area (Å²) < 4.78 is 37.4. The van der Waals surface area contributed by atoms with Gasteiger partial charge in [-0.1, -0.05) is 18.2 Å². The fourth-order valence-corrected chi connectivity index (χ4v) is 4.22. The van der Waals surface area contributed by atoms with Crippen molar-refractivity contribution in [2.45, 2.75) is 12.6 Å². The molecule has 3 aromatic rings. The Morgan fingerprint density at radius 3 is 2.76 bits per heavy atom. The molecule has 1 aromatic heterocycles. The summed E-state index contributed by atoms with van der Waals surface area (Å²) in [7, 11) is -1.70. The highest BCUT2D eigenvalue weighted by Gasteiger charge is 2.39. The Balaban J connectivity index is 1.66. The van der Waals surface area contributed by atoms with Gasteiger partial charge in [-0.25, -0.2) is 23.1 Å². The predicted octanol–water partition coefficient (Wildman–Crippen LogP) is 0.942. The normalized spacial score (nSPS) is 17.8. The van der Waals surface area contributed by atoms with Crippen molar-refractivity contribution in [2.75, 3.05) is 13.3 Å². The van der Waals surface area contributed by atoms with Gasteiger partial charge in [0.15, 0.2) is 23.1 Å². The highest BCUT2D eigenvalue weighted by atomic mass is 32.2. The molecule has 1 atom stereocenters. The van der Waals surface area contributed by atoms with Gasteiger partial charge in [-0.05, 0) is 24.3 Å². The van der Waals surface area contributed by atoms with Crippen molar-refractivity contribution in [3.05, 3.63) is 71.8 Å². The number of oxazole rings is 1. The number of nitrogens with one attached hydrogen (secondary N) is 2. The Kier molecular flexibility index (Phi) is 5.10. The minimum absolute atomic E-state index is 0.0547. The van der Waals surface area contributed by atoms with Crippen LogP contribution in [0.3, 0.4) is 0 Å². The fraction of sp³-hybridized carbons (Fsp3) is 0.174. The summed E-state index contributed by atoms with van der Waals surface area (Å²) in [5.41, 5.74) is 3.29. The molecule has 10 heteroatoms. The summed E-state index contributed by atoms with van der Waals surface area (Å²) in [5, 5.41) is 0. The lowest BCUT2D eigenvalue weighted by molar-refractivity contribution is -0.467. The van der Waals surface area contributed by atoms with Gasteiger partial charge in [0, 0.05) is 36.0 Å². The number of allylic oxidation sites excluding steroid dienone is 1. The molecule has 0 radical (unpaired) electrons. The second kappa shape index (κ2) is 7.98. The van der Waals surface area contributed by atoms with Gasteiger partial charge in [0.05, 0.1) is 12.8 Å². The lowest BCUT2D eigenvalue weighted by atomic mass is 9.90. The van der Waals surface area contributed by atoms with E-state index in [0.29, 0.717) is 22.6 Å². The number of fused-ring (bicyclic) bond motifs is 2. The smallest absolute Gasteiger partial charge is 0.299 e. The summed E-state index contributed by atoms with van der Waals surface area (Å²) >= 11 is 0. The molecule has 2 aromatic carbocycles. The van der Waals surface area contributed by atoms with Crippen LogP contribution in [0.25, 0.3) is 16.7 Å². The van der Waals surface area contributed by atoms with Crippen LogP contribution in [0.4, 0.5) is 0 Å². The summed E-state index contributed by atoms with van der Waals surface area (Å²) in [6, 6.07) is 12.4. The quantitative estimate of drug-likeness (QED) is 0.560. The van der Waals surface area contributed by atoms with Crippen LogP contribution in [0.2, 0.25) is 0 Å². The van der Waals surface area contributed by atoms with E-state index >= 15 is 0 Å². The third-order valence-corrected chi connectivity index (χ3v) is 6.03. The standard InChI is InChI=1S/C23H20N4O5S/c1-27-13-17(15-10-11-24-20(15)23(27)28)16-8-9-18-21(22(16)31-14-6-4-3-5-7-14)26-19(32-18)12-25-33(2,29)30/h3-11,13,20,25H,12H2,1-2H3/p+1. The number of carbonyl (C=O) groups excluding carboxylic acids is 1. The van der Waals surface area contributed by atoms with Crippen LogP contribution >= 0.6 is 0 Å². The molecule has 2 N–H and O–H groups in total. The molecular weight excluding hydrogens is 444 g/mol. The molecule has 1 unspecified atom stereocenters. The first-order valence-electron chi connectivity index (χ1n) is 10.2. The van der Waals surface area contributed by atoms with Crippen LogP contribution < -0.4 is 14.5 Å². The molecule has 0 bridgehead atoms. The minimum Gasteiger partial charge on any atom is -0.454 e. The summed E-state index contributed by atoms with van der Waals surface area (Å²) in [4.78, 5) is 21.7. The molecule has 0 aliphatic carbocycles. The van der Waals surface area contributed by atoms with Gasteiger partial charge < -0.3 is 14.1 Å². The number of likely N-dealkylation sites (N-methyl/N-ethyl adjacent to an activating group) is 1. The van der Waals surface area contributed by atoms with E-state index < -0.39 is 16.1 Å². The first kappa shape index (κ1) is 21.1. The maximum atomic E-state index is 12.6. The maximum Gasteiger partial charge on any atom is 0.299 e. The number of aromatic nitrogens is 1. The Morgan fingerprint density at radius 2 is 2.00 bits per heavy atom. The number of sulfonamides is 1. The fourth-order valence-electron chi connectivity index (χ4n) is 3.84. The zero-order valence-corrected chi connectivity index (χ0v) is 18.7. The molecule has 2 aliphatic heterocycles. The number of nitrogens with zero attached hydrogens (tertiary/aromatic N) is 2. The van der Waals surface area contributed by atoms with Crippen LogP contribution in [-0.2, 0) is 21.4 Å². The molecule has 33 heavy (non-hydrogen) atoms. The van der Waals surface area contributed by atoms with Crippen LogP contribution in [0.5, 0.6) is 11.5 Å². The summed E-state index contributed by atoms with van der Waals surface area (Å²) in [6.07, 6.45) is 6.48. The number of hydrogen-bond acceptors (Lipinski definition) is 6. The summed E-state index contributed by atoms with van der Waals surface area (Å²) in [5.74, 6) is 1.21. The molecule has 1 amide bonds. The Morgan fingerprint density at radius 1 is 1.21 bits per heavy atom. The van der Waals surface area contributed by atoms with Crippen molar-refractivity contribution in [1.29, 1.82) is 0 Å². The third-order valence-electron chi connectivity index (χ3n) is 5.36. The van der Waals surface area contributed by atoms with Crippen molar-refractivity contribution in [2.24, 2.45) is 0 Å². The molecule has 2 aliphatic rings. The zero-order valence-electron chi connectivity index (χ0n) is 17.9. The van der Waals surface area contributed by atoms with Crippen molar-refractivity contribution < 1.29 is 27.4 Å². The van der Waals surface area contributed by atoms with Gasteiger partial charge in [-0.15, -0.1) is 0 Å². The second-order valence-corrected chi connectivity index (χ2v) is 9.62. The minimum atomic E-state index is -3.41. The van der Waals surface area contributed by atoms with Crippen LogP contribution in [0.15, 0.2) is 64.7 Å². The SMILES string of the molecule is CN1C=C(c2ccc3oc(CNS(C)(=O)=O)nc3c2Oc2ccccc2)C2=CC=[NH+]C2C1=O. The van der Waals surface area contributed by atoms with Crippen molar-refractivity contribution >= 4 is 38.8 Å². The number of ether oxygens (including phenoxy) is 1. The zero-order chi connectivity index (χ0) is 23.2. The molecular formula is C23H21N4O5S+. The number of rotatable bonds is 6. The number of amides is 1. The second-order valence-electron chi connectivity index (χ2n) is 7.79. The van der Waals surface area contributed by atoms with Crippen molar-refractivity contribution in [3.8, 4) is 11.5 Å². The van der Waals surface area contributed by atoms with Gasteiger partial charge in [0.25, 0.3) is 11.9 Å². The molecule has 0 saturated heterocycles. The van der Waals surface area contributed by atoms with E-state index in [0.717, 1.165) is 23.0 Å². The first-order chi connectivity index (χ1) is 15.8. The van der Waals surface area contributed by atoms with E-state index in [9.17, 15) is 13.2 Å². The molecule has 0 fully saturated rings. The van der Waals surface area contributed by atoms with E-state index in [-0.39, 0.29) is 18.3 Å². The van der Waals surface area contributed by atoms with E-state index in [1.54, 1.807) is 30.4 Å². The van der Waals surface area contributed by atoms with Gasteiger partial charge in [-0.2, -0.15) is 0 Å². The van der Waals surface area contributed by atoms with Crippen molar-refractivity contribution in [1.82, 2.24) is 14.6 Å². The van der Waals surface area contributed by atoms with Crippen LogP contribution in [0.1, 0.15) is 11.5 Å². The van der Waals surface area contributed by atoms with E-state index in [1.807, 2.05) is 42.5 Å². The van der Waals surface area contributed by atoms with E-state index in [4.69, 9.17) is 9.15 Å². The summed E-state index contributed by atoms with van der Waals surface area (Å²) in [6.45, 7) is -0.0837. The van der Waals surface area contributed by atoms with Crippen LogP contribution in [-0.4, -0.2) is 49.8 Å². The molecule has 9 nitrogen and oxygen atoms in total. The van der Waals surface area contributed by atoms with Gasteiger partial charge in [-0.3, -0.25) is 4.79 Å². The Labute approximate surface area is 190 Å². The van der Waals surface area contributed by atoms with Crippen LogP contribution in [0, 0.1) is 0 Å². The molecule has 168 valence electrons. The topological polar surface area (TPSA) is 116 Å². The maximum absolute atomic E-state index is 12.6. The lowest BCUT2D eigenvalue weighted by Gasteiger charge is -2.25. The van der Waals surface area contributed by atoms with Gasteiger partial charge in [0.2, 0.25) is 15.9 Å². The Hall–Kier alpha value is -3.76. The monoisotopic (exact) mass is 465 g/mol. The molecule has 5 rings (SSSR count). The molecule has 0 saturated carbocycles. The van der Waals surface area contributed by atoms with Gasteiger partial charge >= 0.3 is 0 Å². The predicted molar refractivity (Wildman–Crippen MR) is 122 cm³/mol. The number of benzene rings is 2.